The minimum atomic E-state index is -1.55. The zero-order valence-electron chi connectivity index (χ0n) is 14.3. The Labute approximate surface area is 162 Å². The SMILES string of the molecule is Nc1nc(Cl)nc2c1ncn2[C@@H]1O[C@H](C(=O)NCC[C@H](N)C(=O)O)[C@@H](O)[C@H]1O. The number of aromatic nitrogens is 4. The molecule has 8 N–H and O–H groups in total. The van der Waals surface area contributed by atoms with Gasteiger partial charge in [-0.3, -0.25) is 14.2 Å². The molecule has 2 aromatic rings. The first-order chi connectivity index (χ1) is 13.2. The summed E-state index contributed by atoms with van der Waals surface area (Å²) in [5.41, 5.74) is 11.4. The Hall–Kier alpha value is -2.58. The molecule has 0 aliphatic carbocycles. The molecular formula is C14H18ClN7O6. The molecule has 0 radical (unpaired) electrons. The van der Waals surface area contributed by atoms with Crippen LogP contribution < -0.4 is 16.8 Å². The number of carboxylic acids is 1. The van der Waals surface area contributed by atoms with Crippen LogP contribution in [0.3, 0.4) is 0 Å². The monoisotopic (exact) mass is 415 g/mol. The standard InChI is InChI=1S/C14H18ClN7O6/c15-14-20-9(17)5-10(21-14)22(3-19-5)12-7(24)6(23)8(28-12)11(25)18-2-1-4(16)13(26)27/h3-4,6-8,12,23-24H,1-2,16H2,(H,18,25)(H,26,27)(H2,17,20,21)/t4-,6-,7+,8-,12+/m0/s1. The van der Waals surface area contributed by atoms with E-state index in [0.29, 0.717) is 0 Å². The molecule has 1 fully saturated rings. The number of aliphatic carboxylic acids is 1. The van der Waals surface area contributed by atoms with Crippen molar-refractivity contribution in [3.05, 3.63) is 11.6 Å². The number of imidazole rings is 1. The Morgan fingerprint density at radius 2 is 2.07 bits per heavy atom. The Kier molecular flexibility index (Phi) is 5.62. The number of ether oxygens (including phenoxy) is 1. The van der Waals surface area contributed by atoms with E-state index in [1.54, 1.807) is 0 Å². The lowest BCUT2D eigenvalue weighted by atomic mass is 10.1. The van der Waals surface area contributed by atoms with Gasteiger partial charge in [-0.2, -0.15) is 9.97 Å². The highest BCUT2D eigenvalue weighted by Crippen LogP contribution is 2.32. The lowest BCUT2D eigenvalue weighted by molar-refractivity contribution is -0.140. The molecule has 0 saturated carbocycles. The molecule has 0 unspecified atom stereocenters. The first-order valence-electron chi connectivity index (χ1n) is 8.14. The van der Waals surface area contributed by atoms with Crippen molar-refractivity contribution >= 4 is 40.5 Å². The smallest absolute Gasteiger partial charge is 0.320 e. The number of nitrogen functional groups attached to an aromatic ring is 1. The Morgan fingerprint density at radius 3 is 2.75 bits per heavy atom. The van der Waals surface area contributed by atoms with Crippen LogP contribution in [0.5, 0.6) is 0 Å². The van der Waals surface area contributed by atoms with E-state index in [0.717, 1.165) is 0 Å². The third-order valence-corrected chi connectivity index (χ3v) is 4.43. The predicted molar refractivity (Wildman–Crippen MR) is 93.9 cm³/mol. The lowest BCUT2D eigenvalue weighted by Gasteiger charge is -2.16. The van der Waals surface area contributed by atoms with E-state index >= 15 is 0 Å². The van der Waals surface area contributed by atoms with Gasteiger partial charge in [-0.1, -0.05) is 0 Å². The number of fused-ring (bicyclic) bond motifs is 1. The van der Waals surface area contributed by atoms with E-state index < -0.39 is 42.5 Å². The van der Waals surface area contributed by atoms with E-state index in [1.807, 2.05) is 0 Å². The van der Waals surface area contributed by atoms with Gasteiger partial charge in [-0.25, -0.2) is 4.98 Å². The van der Waals surface area contributed by atoms with Crippen LogP contribution in [0.15, 0.2) is 6.33 Å². The summed E-state index contributed by atoms with van der Waals surface area (Å²) in [5.74, 6) is -1.91. The van der Waals surface area contributed by atoms with Crippen LogP contribution in [0.4, 0.5) is 5.82 Å². The maximum Gasteiger partial charge on any atom is 0.320 e. The largest absolute Gasteiger partial charge is 0.480 e. The molecule has 28 heavy (non-hydrogen) atoms. The zero-order chi connectivity index (χ0) is 20.6. The van der Waals surface area contributed by atoms with Gasteiger partial charge in [0.05, 0.1) is 6.33 Å². The molecule has 152 valence electrons. The molecule has 13 nitrogen and oxygen atoms in total. The van der Waals surface area contributed by atoms with Crippen LogP contribution in [0.2, 0.25) is 5.28 Å². The summed E-state index contributed by atoms with van der Waals surface area (Å²) in [6, 6.07) is -1.14. The first kappa shape index (κ1) is 20.2. The van der Waals surface area contributed by atoms with E-state index in [9.17, 15) is 19.8 Å². The number of aliphatic hydroxyl groups is 2. The number of aliphatic hydroxyl groups excluding tert-OH is 2. The molecule has 1 amide bonds. The topological polar surface area (TPSA) is 212 Å². The summed E-state index contributed by atoms with van der Waals surface area (Å²) < 4.78 is 6.78. The second kappa shape index (κ2) is 7.81. The molecule has 0 aromatic carbocycles. The molecular weight excluding hydrogens is 398 g/mol. The summed E-state index contributed by atoms with van der Waals surface area (Å²) in [5, 5.41) is 31.5. The lowest BCUT2D eigenvalue weighted by Crippen LogP contribution is -2.44. The van der Waals surface area contributed by atoms with Crippen LogP contribution in [0, 0.1) is 0 Å². The van der Waals surface area contributed by atoms with Crippen LogP contribution in [-0.4, -0.2) is 77.6 Å². The second-order valence-electron chi connectivity index (χ2n) is 6.15. The normalized spacial score (nSPS) is 25.7. The van der Waals surface area contributed by atoms with Crippen molar-refractivity contribution in [1.82, 2.24) is 24.8 Å². The molecule has 5 atom stereocenters. The number of hydrogen-bond acceptors (Lipinski definition) is 10. The highest BCUT2D eigenvalue weighted by atomic mass is 35.5. The highest BCUT2D eigenvalue weighted by Gasteiger charge is 2.47. The maximum atomic E-state index is 12.3. The predicted octanol–water partition coefficient (Wildman–Crippen LogP) is -2.40. The van der Waals surface area contributed by atoms with Gasteiger partial charge in [0.2, 0.25) is 5.28 Å². The van der Waals surface area contributed by atoms with Gasteiger partial charge in [0.1, 0.15) is 23.8 Å². The van der Waals surface area contributed by atoms with Crippen molar-refractivity contribution in [2.75, 3.05) is 12.3 Å². The van der Waals surface area contributed by atoms with Gasteiger partial charge in [0, 0.05) is 6.54 Å². The van der Waals surface area contributed by atoms with Gasteiger partial charge in [-0.15, -0.1) is 0 Å². The number of nitrogens with zero attached hydrogens (tertiary/aromatic N) is 4. The van der Waals surface area contributed by atoms with Gasteiger partial charge in [0.25, 0.3) is 5.91 Å². The Morgan fingerprint density at radius 1 is 1.36 bits per heavy atom. The van der Waals surface area contributed by atoms with Crippen molar-refractivity contribution in [3.8, 4) is 0 Å². The van der Waals surface area contributed by atoms with Crippen molar-refractivity contribution < 1.29 is 29.6 Å². The third-order valence-electron chi connectivity index (χ3n) is 4.26. The first-order valence-corrected chi connectivity index (χ1v) is 8.51. The highest BCUT2D eigenvalue weighted by molar-refractivity contribution is 6.28. The molecule has 2 aromatic heterocycles. The fourth-order valence-corrected chi connectivity index (χ4v) is 2.95. The van der Waals surface area contributed by atoms with Gasteiger partial charge < -0.3 is 36.8 Å². The quantitative estimate of drug-likeness (QED) is 0.273. The van der Waals surface area contributed by atoms with E-state index in [4.69, 9.17) is 32.9 Å². The molecule has 0 spiro atoms. The number of hydrogen-bond donors (Lipinski definition) is 6. The fourth-order valence-electron chi connectivity index (χ4n) is 2.78. The number of rotatable bonds is 6. The summed E-state index contributed by atoms with van der Waals surface area (Å²) in [7, 11) is 0. The fraction of sp³-hybridized carbons (Fsp3) is 0.500. The number of halogens is 1. The maximum absolute atomic E-state index is 12.3. The van der Waals surface area contributed by atoms with Crippen LogP contribution in [0.1, 0.15) is 12.6 Å². The van der Waals surface area contributed by atoms with Crippen molar-refractivity contribution in [2.24, 2.45) is 5.73 Å². The van der Waals surface area contributed by atoms with Gasteiger partial charge in [0.15, 0.2) is 23.8 Å². The van der Waals surface area contributed by atoms with Gasteiger partial charge >= 0.3 is 5.97 Å². The Bertz CT molecular complexity index is 908. The van der Waals surface area contributed by atoms with Crippen molar-refractivity contribution in [2.45, 2.75) is 37.0 Å². The van der Waals surface area contributed by atoms with Crippen molar-refractivity contribution in [3.63, 3.8) is 0 Å². The van der Waals surface area contributed by atoms with Crippen LogP contribution in [0.25, 0.3) is 11.2 Å². The summed E-state index contributed by atoms with van der Waals surface area (Å²) >= 11 is 5.80. The second-order valence-corrected chi connectivity index (χ2v) is 6.49. The number of amides is 1. The number of anilines is 1. The summed E-state index contributed by atoms with van der Waals surface area (Å²) in [6.07, 6.45) is -4.39. The minimum Gasteiger partial charge on any atom is -0.480 e. The third kappa shape index (κ3) is 3.70. The van der Waals surface area contributed by atoms with Crippen molar-refractivity contribution in [1.29, 1.82) is 0 Å². The molecule has 3 heterocycles. The number of carbonyl (C=O) groups is 2. The number of nitrogens with one attached hydrogen (secondary N) is 1. The van der Waals surface area contributed by atoms with E-state index in [-0.39, 0.29) is 35.2 Å². The average Bonchev–Trinajstić information content (AvgIpc) is 3.16. The number of nitrogens with two attached hydrogens (primary N) is 2. The summed E-state index contributed by atoms with van der Waals surface area (Å²) in [4.78, 5) is 34.7. The molecule has 1 aliphatic rings. The zero-order valence-corrected chi connectivity index (χ0v) is 15.0. The minimum absolute atomic E-state index is 0.0171. The molecule has 3 rings (SSSR count). The summed E-state index contributed by atoms with van der Waals surface area (Å²) in [6.45, 7) is -0.0486. The van der Waals surface area contributed by atoms with E-state index in [2.05, 4.69) is 20.3 Å². The van der Waals surface area contributed by atoms with Crippen LogP contribution in [-0.2, 0) is 14.3 Å². The number of carbonyl (C=O) groups excluding carboxylic acids is 1. The molecule has 1 aliphatic heterocycles. The average molecular weight is 416 g/mol. The van der Waals surface area contributed by atoms with Crippen LogP contribution >= 0.6 is 11.6 Å². The Balaban J connectivity index is 1.74. The molecule has 1 saturated heterocycles. The number of carboxylic acid groups (broad SMARTS) is 1. The van der Waals surface area contributed by atoms with Gasteiger partial charge in [-0.05, 0) is 18.0 Å². The molecule has 14 heteroatoms. The molecule has 0 bridgehead atoms. The van der Waals surface area contributed by atoms with E-state index in [1.165, 1.54) is 10.9 Å².